The Balaban J connectivity index is 2.00. The highest BCUT2D eigenvalue weighted by molar-refractivity contribution is 9.09. The molecular weight excluding hydrogens is 230 g/mol. The molecule has 0 aromatic rings. The summed E-state index contributed by atoms with van der Waals surface area (Å²) < 4.78 is 0. The first kappa shape index (κ1) is 11.0. The van der Waals surface area contributed by atoms with E-state index in [1.165, 1.54) is 25.7 Å². The highest BCUT2D eigenvalue weighted by Crippen LogP contribution is 2.28. The molecule has 1 amide bonds. The maximum absolute atomic E-state index is 11.2. The second kappa shape index (κ2) is 6.41. The molecule has 0 unspecified atom stereocenters. The van der Waals surface area contributed by atoms with Gasteiger partial charge in [-0.15, -0.1) is 0 Å². The van der Waals surface area contributed by atoms with Gasteiger partial charge >= 0.3 is 0 Å². The van der Waals surface area contributed by atoms with Crippen LogP contribution in [0.2, 0.25) is 0 Å². The Labute approximate surface area is 88.6 Å². The fourth-order valence-electron chi connectivity index (χ4n) is 1.91. The highest BCUT2D eigenvalue weighted by Gasteiger charge is 2.15. The summed E-state index contributed by atoms with van der Waals surface area (Å²) in [5.41, 5.74) is 0. The van der Waals surface area contributed by atoms with Gasteiger partial charge in [0.2, 0.25) is 5.91 Å². The number of alkyl halides is 1. The van der Waals surface area contributed by atoms with Crippen molar-refractivity contribution in [2.24, 2.45) is 5.92 Å². The third-order valence-electron chi connectivity index (χ3n) is 2.67. The lowest BCUT2D eigenvalue weighted by atomic mass is 10.0. The summed E-state index contributed by atoms with van der Waals surface area (Å²) in [7, 11) is 0. The molecule has 2 nitrogen and oxygen atoms in total. The average Bonchev–Trinajstić information content (AvgIpc) is 2.64. The fraction of sp³-hybridized carbons (Fsp3) is 0.900. The molecule has 1 N–H and O–H groups in total. The molecular formula is C10H18BrNO. The van der Waals surface area contributed by atoms with Crippen molar-refractivity contribution >= 4 is 21.8 Å². The molecule has 1 saturated carbocycles. The zero-order valence-corrected chi connectivity index (χ0v) is 9.61. The number of nitrogens with one attached hydrogen (secondary N) is 1. The lowest BCUT2D eigenvalue weighted by Gasteiger charge is -2.07. The van der Waals surface area contributed by atoms with Crippen LogP contribution in [0.1, 0.15) is 38.5 Å². The number of carbonyl (C=O) groups is 1. The van der Waals surface area contributed by atoms with Crippen molar-refractivity contribution in [2.75, 3.05) is 11.9 Å². The van der Waals surface area contributed by atoms with Gasteiger partial charge in [0.15, 0.2) is 0 Å². The van der Waals surface area contributed by atoms with E-state index >= 15 is 0 Å². The topological polar surface area (TPSA) is 29.1 Å². The lowest BCUT2D eigenvalue weighted by molar-refractivity contribution is -0.121. The summed E-state index contributed by atoms with van der Waals surface area (Å²) in [4.78, 5) is 11.2. The van der Waals surface area contributed by atoms with Crippen molar-refractivity contribution in [1.82, 2.24) is 5.32 Å². The minimum Gasteiger partial charge on any atom is -0.355 e. The van der Waals surface area contributed by atoms with Gasteiger partial charge in [0.1, 0.15) is 0 Å². The zero-order valence-electron chi connectivity index (χ0n) is 8.02. The molecule has 1 aliphatic carbocycles. The first-order valence-corrected chi connectivity index (χ1v) is 6.27. The number of rotatable bonds is 5. The molecule has 0 spiro atoms. The Morgan fingerprint density at radius 3 is 2.69 bits per heavy atom. The largest absolute Gasteiger partial charge is 0.355 e. The van der Waals surface area contributed by atoms with Gasteiger partial charge in [-0.3, -0.25) is 4.79 Å². The Hall–Kier alpha value is -0.0500. The standard InChI is InChI=1S/C10H18BrNO/c11-7-8-12-10(13)6-5-9-3-1-2-4-9/h9H,1-8H2,(H,12,13). The van der Waals surface area contributed by atoms with E-state index in [2.05, 4.69) is 21.2 Å². The molecule has 13 heavy (non-hydrogen) atoms. The van der Waals surface area contributed by atoms with Crippen LogP contribution in [0.4, 0.5) is 0 Å². The van der Waals surface area contributed by atoms with Crippen LogP contribution in [0.15, 0.2) is 0 Å². The van der Waals surface area contributed by atoms with E-state index in [1.807, 2.05) is 0 Å². The van der Waals surface area contributed by atoms with Crippen LogP contribution in [0, 0.1) is 5.92 Å². The summed E-state index contributed by atoms with van der Waals surface area (Å²) in [6.07, 6.45) is 7.23. The van der Waals surface area contributed by atoms with Crippen LogP contribution in [-0.2, 0) is 4.79 Å². The molecule has 1 rings (SSSR count). The quantitative estimate of drug-likeness (QED) is 0.744. The third kappa shape index (κ3) is 4.65. The fourth-order valence-corrected chi connectivity index (χ4v) is 2.11. The van der Waals surface area contributed by atoms with E-state index in [0.717, 1.165) is 30.6 Å². The van der Waals surface area contributed by atoms with Crippen LogP contribution in [0.25, 0.3) is 0 Å². The predicted molar refractivity (Wildman–Crippen MR) is 58.0 cm³/mol. The van der Waals surface area contributed by atoms with Crippen LogP contribution in [0.5, 0.6) is 0 Å². The molecule has 0 heterocycles. The summed E-state index contributed by atoms with van der Waals surface area (Å²) in [5, 5.41) is 3.72. The summed E-state index contributed by atoms with van der Waals surface area (Å²) in [6, 6.07) is 0. The first-order chi connectivity index (χ1) is 6.33. The smallest absolute Gasteiger partial charge is 0.220 e. The molecule has 1 fully saturated rings. The minimum absolute atomic E-state index is 0.214. The third-order valence-corrected chi connectivity index (χ3v) is 3.07. The predicted octanol–water partition coefficient (Wildman–Crippen LogP) is 2.47. The van der Waals surface area contributed by atoms with Gasteiger partial charge in [-0.25, -0.2) is 0 Å². The van der Waals surface area contributed by atoms with E-state index in [0.29, 0.717) is 0 Å². The molecule has 0 aliphatic heterocycles. The van der Waals surface area contributed by atoms with Gasteiger partial charge in [-0.2, -0.15) is 0 Å². The highest BCUT2D eigenvalue weighted by atomic mass is 79.9. The number of amides is 1. The Bertz CT molecular complexity index is 155. The maximum Gasteiger partial charge on any atom is 0.220 e. The molecule has 0 saturated heterocycles. The number of hydrogen-bond acceptors (Lipinski definition) is 1. The molecule has 0 aromatic carbocycles. The van der Waals surface area contributed by atoms with Crippen molar-refractivity contribution in [1.29, 1.82) is 0 Å². The second-order valence-electron chi connectivity index (χ2n) is 3.73. The molecule has 0 atom stereocenters. The molecule has 0 bridgehead atoms. The van der Waals surface area contributed by atoms with E-state index in [-0.39, 0.29) is 5.91 Å². The van der Waals surface area contributed by atoms with Crippen LogP contribution >= 0.6 is 15.9 Å². The zero-order chi connectivity index (χ0) is 9.52. The van der Waals surface area contributed by atoms with Crippen molar-refractivity contribution in [3.63, 3.8) is 0 Å². The van der Waals surface area contributed by atoms with E-state index in [4.69, 9.17) is 0 Å². The SMILES string of the molecule is O=C(CCC1CCCC1)NCCBr. The molecule has 3 heteroatoms. The van der Waals surface area contributed by atoms with Gasteiger partial charge < -0.3 is 5.32 Å². The Kier molecular flexibility index (Phi) is 5.44. The summed E-state index contributed by atoms with van der Waals surface area (Å²) in [5.74, 6) is 1.04. The lowest BCUT2D eigenvalue weighted by Crippen LogP contribution is -2.25. The number of carbonyl (C=O) groups excluding carboxylic acids is 1. The Morgan fingerprint density at radius 1 is 1.38 bits per heavy atom. The molecule has 1 aliphatic rings. The van der Waals surface area contributed by atoms with Crippen LogP contribution in [0.3, 0.4) is 0 Å². The second-order valence-corrected chi connectivity index (χ2v) is 4.52. The Morgan fingerprint density at radius 2 is 2.08 bits per heavy atom. The van der Waals surface area contributed by atoms with Crippen molar-refractivity contribution in [3.8, 4) is 0 Å². The van der Waals surface area contributed by atoms with Crippen molar-refractivity contribution in [2.45, 2.75) is 38.5 Å². The van der Waals surface area contributed by atoms with E-state index in [1.54, 1.807) is 0 Å². The van der Waals surface area contributed by atoms with Crippen molar-refractivity contribution in [3.05, 3.63) is 0 Å². The summed E-state index contributed by atoms with van der Waals surface area (Å²) >= 11 is 3.28. The summed E-state index contributed by atoms with van der Waals surface area (Å²) in [6.45, 7) is 0.753. The monoisotopic (exact) mass is 247 g/mol. The van der Waals surface area contributed by atoms with Gasteiger partial charge in [-0.05, 0) is 12.3 Å². The van der Waals surface area contributed by atoms with Gasteiger partial charge in [0, 0.05) is 18.3 Å². The minimum atomic E-state index is 0.214. The first-order valence-electron chi connectivity index (χ1n) is 5.15. The number of halogens is 1. The normalized spacial score (nSPS) is 17.6. The number of hydrogen-bond donors (Lipinski definition) is 1. The molecule has 0 aromatic heterocycles. The maximum atomic E-state index is 11.2. The van der Waals surface area contributed by atoms with E-state index < -0.39 is 0 Å². The molecule has 76 valence electrons. The van der Waals surface area contributed by atoms with Crippen molar-refractivity contribution < 1.29 is 4.79 Å². The molecule has 0 radical (unpaired) electrons. The van der Waals surface area contributed by atoms with Crippen LogP contribution < -0.4 is 5.32 Å². The van der Waals surface area contributed by atoms with Gasteiger partial charge in [-0.1, -0.05) is 41.6 Å². The van der Waals surface area contributed by atoms with Gasteiger partial charge in [0.05, 0.1) is 0 Å². The van der Waals surface area contributed by atoms with Crippen LogP contribution in [-0.4, -0.2) is 17.8 Å². The van der Waals surface area contributed by atoms with E-state index in [9.17, 15) is 4.79 Å². The van der Waals surface area contributed by atoms with Gasteiger partial charge in [0.25, 0.3) is 0 Å². The average molecular weight is 248 g/mol.